The molecule has 90 valence electrons. The summed E-state index contributed by atoms with van der Waals surface area (Å²) < 4.78 is 5.43. The predicted octanol–water partition coefficient (Wildman–Crippen LogP) is 3.18. The van der Waals surface area contributed by atoms with Gasteiger partial charge in [0, 0.05) is 10.8 Å². The molecule has 3 heterocycles. The fourth-order valence-corrected chi connectivity index (χ4v) is 3.40. The third kappa shape index (κ3) is 2.15. The zero-order valence-corrected chi connectivity index (χ0v) is 10.7. The number of nitrogens with zero attached hydrogens (tertiary/aromatic N) is 1. The molecular weight excluding hydrogens is 232 g/mol. The molecule has 1 aliphatic rings. The molecule has 4 heteroatoms. The normalized spacial score (nSPS) is 17.5. The van der Waals surface area contributed by atoms with Crippen molar-refractivity contribution in [1.29, 1.82) is 0 Å². The van der Waals surface area contributed by atoms with Gasteiger partial charge < -0.3 is 9.73 Å². The Hall–Kier alpha value is -1.13. The van der Waals surface area contributed by atoms with E-state index in [4.69, 9.17) is 9.40 Å². The van der Waals surface area contributed by atoms with Gasteiger partial charge in [-0.05, 0) is 45.0 Å². The minimum absolute atomic E-state index is 0.628. The number of nitrogens with one attached hydrogen (secondary N) is 1. The summed E-state index contributed by atoms with van der Waals surface area (Å²) in [5, 5.41) is 4.67. The van der Waals surface area contributed by atoms with Crippen LogP contribution in [0.25, 0.3) is 11.5 Å². The molecule has 0 unspecified atom stereocenters. The Balaban J connectivity index is 1.90. The second-order valence-corrected chi connectivity index (χ2v) is 5.69. The summed E-state index contributed by atoms with van der Waals surface area (Å²) in [5.41, 5.74) is 1.02. The molecule has 2 aromatic rings. The third-order valence-corrected chi connectivity index (χ3v) is 4.39. The fraction of sp³-hybridized carbons (Fsp3) is 0.462. The number of aryl methyl sites for hydroxylation is 1. The van der Waals surface area contributed by atoms with Crippen LogP contribution in [0, 0.1) is 6.92 Å². The number of rotatable bonds is 2. The van der Waals surface area contributed by atoms with Crippen LogP contribution < -0.4 is 5.32 Å². The van der Waals surface area contributed by atoms with Gasteiger partial charge in [-0.2, -0.15) is 0 Å². The maximum absolute atomic E-state index is 5.43. The van der Waals surface area contributed by atoms with Crippen molar-refractivity contribution < 1.29 is 4.42 Å². The summed E-state index contributed by atoms with van der Waals surface area (Å²) in [6.07, 6.45) is 4.10. The molecule has 0 radical (unpaired) electrons. The highest BCUT2D eigenvalue weighted by atomic mass is 32.1. The number of hydrogen-bond acceptors (Lipinski definition) is 4. The van der Waals surface area contributed by atoms with Crippen LogP contribution in [0.5, 0.6) is 0 Å². The van der Waals surface area contributed by atoms with E-state index in [9.17, 15) is 0 Å². The summed E-state index contributed by atoms with van der Waals surface area (Å²) in [5.74, 6) is 1.52. The zero-order valence-electron chi connectivity index (χ0n) is 9.90. The van der Waals surface area contributed by atoms with Gasteiger partial charge in [0.1, 0.15) is 5.69 Å². The van der Waals surface area contributed by atoms with E-state index in [2.05, 4.69) is 12.2 Å². The van der Waals surface area contributed by atoms with Crippen molar-refractivity contribution in [1.82, 2.24) is 10.3 Å². The highest BCUT2D eigenvalue weighted by Crippen LogP contribution is 2.34. The number of thiazole rings is 1. The smallest absolute Gasteiger partial charge is 0.153 e. The first-order valence-corrected chi connectivity index (χ1v) is 6.88. The van der Waals surface area contributed by atoms with Gasteiger partial charge in [0.05, 0.1) is 11.3 Å². The van der Waals surface area contributed by atoms with E-state index in [1.807, 2.05) is 23.5 Å². The van der Waals surface area contributed by atoms with Crippen LogP contribution in [-0.4, -0.2) is 18.1 Å². The Morgan fingerprint density at radius 2 is 2.24 bits per heavy atom. The summed E-state index contributed by atoms with van der Waals surface area (Å²) in [6.45, 7) is 4.35. The molecule has 0 spiro atoms. The molecule has 17 heavy (non-hydrogen) atoms. The van der Waals surface area contributed by atoms with E-state index in [1.165, 1.54) is 22.7 Å². The largest absolute Gasteiger partial charge is 0.463 e. The number of aromatic nitrogens is 1. The minimum Gasteiger partial charge on any atom is -0.463 e. The highest BCUT2D eigenvalue weighted by Gasteiger charge is 2.21. The first kappa shape index (κ1) is 11.0. The van der Waals surface area contributed by atoms with Crippen molar-refractivity contribution in [2.24, 2.45) is 0 Å². The zero-order chi connectivity index (χ0) is 11.7. The van der Waals surface area contributed by atoms with Crippen LogP contribution in [0.2, 0.25) is 0 Å². The topological polar surface area (TPSA) is 38.1 Å². The number of hydrogen-bond donors (Lipinski definition) is 1. The molecule has 0 aromatic carbocycles. The first-order chi connectivity index (χ1) is 8.34. The van der Waals surface area contributed by atoms with E-state index in [0.717, 1.165) is 24.5 Å². The van der Waals surface area contributed by atoms with Crippen molar-refractivity contribution in [3.8, 4) is 11.5 Å². The van der Waals surface area contributed by atoms with Crippen molar-refractivity contribution in [2.45, 2.75) is 25.7 Å². The average Bonchev–Trinajstić information content (AvgIpc) is 2.99. The second kappa shape index (κ2) is 4.63. The maximum Gasteiger partial charge on any atom is 0.153 e. The Labute approximate surface area is 105 Å². The van der Waals surface area contributed by atoms with Crippen molar-refractivity contribution >= 4 is 11.3 Å². The molecule has 2 aromatic heterocycles. The minimum atomic E-state index is 0.628. The van der Waals surface area contributed by atoms with E-state index in [-0.39, 0.29) is 0 Å². The van der Waals surface area contributed by atoms with Crippen LogP contribution in [0.3, 0.4) is 0 Å². The van der Waals surface area contributed by atoms with E-state index in [1.54, 1.807) is 6.26 Å². The molecule has 0 aliphatic carbocycles. The SMILES string of the molecule is Cc1sc(C2CCNCC2)nc1-c1ccco1. The monoisotopic (exact) mass is 248 g/mol. The van der Waals surface area contributed by atoms with Gasteiger partial charge >= 0.3 is 0 Å². The Bertz CT molecular complexity index is 483. The van der Waals surface area contributed by atoms with E-state index < -0.39 is 0 Å². The van der Waals surface area contributed by atoms with Crippen LogP contribution in [-0.2, 0) is 0 Å². The average molecular weight is 248 g/mol. The van der Waals surface area contributed by atoms with E-state index in [0.29, 0.717) is 5.92 Å². The molecule has 1 fully saturated rings. The molecular formula is C13H16N2OS. The van der Waals surface area contributed by atoms with Gasteiger partial charge in [-0.25, -0.2) is 4.98 Å². The highest BCUT2D eigenvalue weighted by molar-refractivity contribution is 7.12. The summed E-state index contributed by atoms with van der Waals surface area (Å²) in [4.78, 5) is 6.03. The summed E-state index contributed by atoms with van der Waals surface area (Å²) >= 11 is 1.82. The van der Waals surface area contributed by atoms with Gasteiger partial charge in [0.15, 0.2) is 5.76 Å². The molecule has 1 aliphatic heterocycles. The molecule has 1 saturated heterocycles. The summed E-state index contributed by atoms with van der Waals surface area (Å²) in [6, 6.07) is 3.90. The quantitative estimate of drug-likeness (QED) is 0.887. The van der Waals surface area contributed by atoms with Crippen LogP contribution in [0.15, 0.2) is 22.8 Å². The van der Waals surface area contributed by atoms with Crippen LogP contribution in [0.4, 0.5) is 0 Å². The lowest BCUT2D eigenvalue weighted by Gasteiger charge is -2.20. The maximum atomic E-state index is 5.43. The molecule has 0 amide bonds. The molecule has 1 N–H and O–H groups in total. The summed E-state index contributed by atoms with van der Waals surface area (Å²) in [7, 11) is 0. The van der Waals surface area contributed by atoms with Gasteiger partial charge in [-0.15, -0.1) is 11.3 Å². The molecule has 3 nitrogen and oxygen atoms in total. The van der Waals surface area contributed by atoms with Crippen molar-refractivity contribution in [3.63, 3.8) is 0 Å². The molecule has 3 rings (SSSR count). The van der Waals surface area contributed by atoms with Gasteiger partial charge in [0.2, 0.25) is 0 Å². The number of piperidine rings is 1. The fourth-order valence-electron chi connectivity index (χ4n) is 2.30. The van der Waals surface area contributed by atoms with Gasteiger partial charge in [-0.1, -0.05) is 0 Å². The second-order valence-electron chi connectivity index (χ2n) is 4.46. The predicted molar refractivity (Wildman–Crippen MR) is 69.4 cm³/mol. The Morgan fingerprint density at radius 3 is 2.94 bits per heavy atom. The van der Waals surface area contributed by atoms with Crippen molar-refractivity contribution in [3.05, 3.63) is 28.3 Å². The van der Waals surface area contributed by atoms with E-state index >= 15 is 0 Å². The Kier molecular flexibility index (Phi) is 2.99. The Morgan fingerprint density at radius 1 is 1.41 bits per heavy atom. The lowest BCUT2D eigenvalue weighted by atomic mass is 9.99. The van der Waals surface area contributed by atoms with Crippen molar-refractivity contribution in [2.75, 3.05) is 13.1 Å². The lowest BCUT2D eigenvalue weighted by molar-refractivity contribution is 0.459. The standard InChI is InChI=1S/C13H16N2OS/c1-9-12(11-3-2-8-16-11)15-13(17-9)10-4-6-14-7-5-10/h2-3,8,10,14H,4-7H2,1H3. The van der Waals surface area contributed by atoms with Gasteiger partial charge in [0.25, 0.3) is 0 Å². The van der Waals surface area contributed by atoms with Crippen LogP contribution in [0.1, 0.15) is 28.6 Å². The number of furan rings is 1. The molecule has 0 saturated carbocycles. The third-order valence-electron chi connectivity index (χ3n) is 3.26. The first-order valence-electron chi connectivity index (χ1n) is 6.06. The van der Waals surface area contributed by atoms with Crippen LogP contribution >= 0.6 is 11.3 Å². The van der Waals surface area contributed by atoms with Gasteiger partial charge in [-0.3, -0.25) is 0 Å². The lowest BCUT2D eigenvalue weighted by Crippen LogP contribution is -2.26. The molecule has 0 atom stereocenters. The molecule has 0 bridgehead atoms.